The van der Waals surface area contributed by atoms with E-state index in [1.165, 1.54) is 51.4 Å². The zero-order valence-corrected chi connectivity index (χ0v) is 29.4. The maximum atomic E-state index is 12.9. The summed E-state index contributed by atoms with van der Waals surface area (Å²) < 4.78 is 32.7. The third-order valence-electron chi connectivity index (χ3n) is 12.3. The van der Waals surface area contributed by atoms with Crippen LogP contribution in [0.1, 0.15) is 112 Å². The van der Waals surface area contributed by atoms with E-state index in [-0.39, 0.29) is 10.8 Å². The van der Waals surface area contributed by atoms with Gasteiger partial charge in [0, 0.05) is 6.10 Å². The molecule has 0 radical (unpaired) electrons. The topological polar surface area (TPSA) is 43.4 Å². The van der Waals surface area contributed by atoms with Crippen molar-refractivity contribution in [2.45, 2.75) is 141 Å². The van der Waals surface area contributed by atoms with E-state index in [0.29, 0.717) is 28.3 Å². The van der Waals surface area contributed by atoms with E-state index >= 15 is 0 Å². The molecule has 5 heteroatoms. The summed E-state index contributed by atoms with van der Waals surface area (Å²) in [6.07, 6.45) is 16.6. The summed E-state index contributed by atoms with van der Waals surface area (Å²) in [5.41, 5.74) is 2.08. The van der Waals surface area contributed by atoms with Crippen molar-refractivity contribution < 1.29 is 12.8 Å². The molecule has 0 amide bonds. The van der Waals surface area contributed by atoms with Crippen molar-refractivity contribution in [2.75, 3.05) is 5.75 Å². The zero-order valence-electron chi connectivity index (χ0n) is 27.5. The van der Waals surface area contributed by atoms with Gasteiger partial charge in [0.25, 0.3) is 0 Å². The van der Waals surface area contributed by atoms with Crippen molar-refractivity contribution in [2.24, 2.45) is 35.0 Å². The molecule has 0 aromatic heterocycles. The first-order chi connectivity index (χ1) is 19.2. The molecule has 7 atom stereocenters. The van der Waals surface area contributed by atoms with Gasteiger partial charge >= 0.3 is 0 Å². The second-order valence-electron chi connectivity index (χ2n) is 15.7. The Balaban J connectivity index is 1.35. The molecule has 0 heterocycles. The Morgan fingerprint density at radius 3 is 2.44 bits per heavy atom. The number of hydrogen-bond donors (Lipinski definition) is 0. The zero-order chi connectivity index (χ0) is 30.1. The summed E-state index contributed by atoms with van der Waals surface area (Å²) in [5, 5.41) is 0.264. The Bertz CT molecular complexity index is 1140. The molecule has 1 aromatic rings. The summed E-state index contributed by atoms with van der Waals surface area (Å²) in [7, 11) is -4.95. The lowest BCUT2D eigenvalue weighted by Crippen LogP contribution is -2.49. The van der Waals surface area contributed by atoms with Crippen LogP contribution in [0.15, 0.2) is 46.9 Å². The minimum atomic E-state index is -3.20. The Morgan fingerprint density at radius 2 is 1.78 bits per heavy atom. The van der Waals surface area contributed by atoms with Gasteiger partial charge in [-0.05, 0) is 117 Å². The predicted molar refractivity (Wildman–Crippen MR) is 176 cm³/mol. The molecule has 2 saturated carbocycles. The van der Waals surface area contributed by atoms with Crippen LogP contribution in [0.3, 0.4) is 0 Å². The van der Waals surface area contributed by atoms with Crippen molar-refractivity contribution in [3.8, 4) is 0 Å². The summed E-state index contributed by atoms with van der Waals surface area (Å²) in [4.78, 5) is 0.465. The molecule has 0 saturated heterocycles. The Morgan fingerprint density at radius 1 is 1.07 bits per heavy atom. The fourth-order valence-electron chi connectivity index (χ4n) is 8.42. The van der Waals surface area contributed by atoms with Crippen molar-refractivity contribution in [3.05, 3.63) is 42.0 Å². The molecular weight excluding hydrogens is 541 g/mol. The third kappa shape index (κ3) is 7.43. The first kappa shape index (κ1) is 33.0. The van der Waals surface area contributed by atoms with Crippen LogP contribution < -0.4 is 0 Å². The number of sulfone groups is 1. The Hall–Kier alpha value is -0.913. The van der Waals surface area contributed by atoms with Crippen molar-refractivity contribution in [3.63, 3.8) is 0 Å². The van der Waals surface area contributed by atoms with E-state index < -0.39 is 18.2 Å². The third-order valence-corrected chi connectivity index (χ3v) is 18.6. The molecule has 0 aliphatic heterocycles. The molecule has 41 heavy (non-hydrogen) atoms. The normalized spacial score (nSPS) is 30.6. The van der Waals surface area contributed by atoms with Gasteiger partial charge in [0.15, 0.2) is 18.2 Å². The van der Waals surface area contributed by atoms with Crippen LogP contribution in [0.25, 0.3) is 0 Å². The van der Waals surface area contributed by atoms with Crippen LogP contribution >= 0.6 is 0 Å². The molecule has 0 N–H and O–H groups in total. The van der Waals surface area contributed by atoms with Crippen molar-refractivity contribution in [1.82, 2.24) is 0 Å². The standard InChI is InChI=1S/C36H60O3SSi/c1-9-28(27(2)23-25-40(37,38)32-15-11-10-12-16-32)18-19-29-14-13-17-34-33(29)21-20-30-26-31(22-24-36(30,34)6)39-41(7,8)35(3,4)5/h10-12,15-16,20,27-29,31,33-34H,9,13-14,17-19,21-26H2,1-8H3/t27-,28-,29+,31?,33+,34+,36+/m1/s1. The van der Waals surface area contributed by atoms with Gasteiger partial charge in [0.1, 0.15) is 0 Å². The van der Waals surface area contributed by atoms with Gasteiger partial charge in [-0.1, -0.05) is 90.7 Å². The van der Waals surface area contributed by atoms with Crippen LogP contribution in [0.2, 0.25) is 18.1 Å². The van der Waals surface area contributed by atoms with Gasteiger partial charge in [-0.15, -0.1) is 0 Å². The average molecular weight is 601 g/mol. The number of fused-ring (bicyclic) bond motifs is 3. The van der Waals surface area contributed by atoms with Gasteiger partial charge < -0.3 is 4.43 Å². The van der Waals surface area contributed by atoms with E-state index in [9.17, 15) is 8.42 Å². The van der Waals surface area contributed by atoms with Crippen LogP contribution in [0.5, 0.6) is 0 Å². The SMILES string of the molecule is CC[C@H](CC[C@@H]1CCC[C@H]2[C@H]1CC=C1CC(O[Si](C)(C)C(C)(C)C)CC[C@@]12C)[C@H](C)CCS(=O)(=O)c1ccccc1. The molecule has 3 aliphatic rings. The summed E-state index contributed by atoms with van der Waals surface area (Å²) >= 11 is 0. The lowest BCUT2D eigenvalue weighted by molar-refractivity contribution is 0.00672. The highest BCUT2D eigenvalue weighted by Crippen LogP contribution is 2.59. The second kappa shape index (κ2) is 13.0. The molecule has 2 fully saturated rings. The first-order valence-electron chi connectivity index (χ1n) is 16.8. The lowest BCUT2D eigenvalue weighted by Gasteiger charge is -2.55. The van der Waals surface area contributed by atoms with Crippen LogP contribution in [0.4, 0.5) is 0 Å². The molecule has 0 spiro atoms. The molecule has 232 valence electrons. The monoisotopic (exact) mass is 600 g/mol. The van der Waals surface area contributed by atoms with Gasteiger partial charge in [0.05, 0.1) is 10.6 Å². The highest BCUT2D eigenvalue weighted by atomic mass is 32.2. The summed E-state index contributed by atoms with van der Waals surface area (Å²) in [6, 6.07) is 8.98. The van der Waals surface area contributed by atoms with Gasteiger partial charge in [0.2, 0.25) is 0 Å². The maximum Gasteiger partial charge on any atom is 0.192 e. The minimum absolute atomic E-state index is 0.259. The van der Waals surface area contributed by atoms with E-state index in [0.717, 1.165) is 37.0 Å². The highest BCUT2D eigenvalue weighted by Gasteiger charge is 2.50. The summed E-state index contributed by atoms with van der Waals surface area (Å²) in [5.74, 6) is 3.76. The largest absolute Gasteiger partial charge is 0.414 e. The van der Waals surface area contributed by atoms with Crippen molar-refractivity contribution in [1.29, 1.82) is 0 Å². The Kier molecular flexibility index (Phi) is 10.4. The quantitative estimate of drug-likeness (QED) is 0.187. The molecular formula is C36H60O3SSi. The predicted octanol–water partition coefficient (Wildman–Crippen LogP) is 10.2. The molecule has 1 unspecified atom stereocenters. The number of benzene rings is 1. The molecule has 4 rings (SSSR count). The fraction of sp³-hybridized carbons (Fsp3) is 0.778. The van der Waals surface area contributed by atoms with E-state index in [1.54, 1.807) is 17.7 Å². The lowest BCUT2D eigenvalue weighted by atomic mass is 9.51. The number of rotatable bonds is 11. The van der Waals surface area contributed by atoms with Crippen LogP contribution in [0, 0.1) is 35.0 Å². The van der Waals surface area contributed by atoms with E-state index in [2.05, 4.69) is 60.7 Å². The fourth-order valence-corrected chi connectivity index (χ4v) is 11.3. The first-order valence-corrected chi connectivity index (χ1v) is 21.4. The smallest absolute Gasteiger partial charge is 0.192 e. The van der Waals surface area contributed by atoms with Crippen LogP contribution in [-0.2, 0) is 14.3 Å². The minimum Gasteiger partial charge on any atom is -0.414 e. The number of allylic oxidation sites excluding steroid dienone is 1. The Labute approximate surface area is 254 Å². The van der Waals surface area contributed by atoms with Gasteiger partial charge in [-0.2, -0.15) is 0 Å². The summed E-state index contributed by atoms with van der Waals surface area (Å²) in [6.45, 7) is 19.1. The highest BCUT2D eigenvalue weighted by molar-refractivity contribution is 7.91. The van der Waals surface area contributed by atoms with Crippen LogP contribution in [-0.4, -0.2) is 28.6 Å². The molecule has 3 nitrogen and oxygen atoms in total. The molecule has 0 bridgehead atoms. The van der Waals surface area contributed by atoms with E-state index in [4.69, 9.17) is 4.43 Å². The maximum absolute atomic E-state index is 12.9. The average Bonchev–Trinajstić information content (AvgIpc) is 2.92. The second-order valence-corrected chi connectivity index (χ2v) is 22.6. The van der Waals surface area contributed by atoms with Gasteiger partial charge in [-0.3, -0.25) is 0 Å². The molecule has 3 aliphatic carbocycles. The van der Waals surface area contributed by atoms with Crippen molar-refractivity contribution >= 4 is 18.2 Å². The van der Waals surface area contributed by atoms with E-state index in [1.807, 2.05) is 18.2 Å². The number of hydrogen-bond acceptors (Lipinski definition) is 3. The van der Waals surface area contributed by atoms with Gasteiger partial charge in [-0.25, -0.2) is 8.42 Å². The molecule has 1 aromatic carbocycles.